The molecule has 2 amide bonds. The molecule has 7 heteroatoms. The molecule has 0 aliphatic carbocycles. The number of hydrogen-bond donors (Lipinski definition) is 1. The summed E-state index contributed by atoms with van der Waals surface area (Å²) in [4.78, 5) is 26.2. The molecule has 0 bridgehead atoms. The Bertz CT molecular complexity index is 697. The quantitative estimate of drug-likeness (QED) is 0.721. The molecule has 1 aromatic rings. The van der Waals surface area contributed by atoms with Gasteiger partial charge in [-0.3, -0.25) is 9.59 Å². The summed E-state index contributed by atoms with van der Waals surface area (Å²) in [6.07, 6.45) is 5.54. The zero-order valence-electron chi connectivity index (χ0n) is 16.1. The van der Waals surface area contributed by atoms with E-state index in [2.05, 4.69) is 5.32 Å². The van der Waals surface area contributed by atoms with Crippen LogP contribution in [0.2, 0.25) is 5.02 Å². The number of rotatable bonds is 7. The van der Waals surface area contributed by atoms with E-state index in [1.165, 1.54) is 20.3 Å². The highest BCUT2D eigenvalue weighted by Gasteiger charge is 2.26. The maximum Gasteiger partial charge on any atom is 0.246 e. The van der Waals surface area contributed by atoms with Gasteiger partial charge in [0.2, 0.25) is 11.8 Å². The van der Waals surface area contributed by atoms with Crippen LogP contribution in [0.15, 0.2) is 18.2 Å². The number of piperidine rings is 1. The van der Waals surface area contributed by atoms with Gasteiger partial charge >= 0.3 is 0 Å². The number of likely N-dealkylation sites (tertiary alicyclic amines) is 1. The summed E-state index contributed by atoms with van der Waals surface area (Å²) in [6, 6.07) is 3.48. The van der Waals surface area contributed by atoms with Gasteiger partial charge in [-0.2, -0.15) is 0 Å². The molecule has 0 aromatic heterocycles. The molecule has 0 saturated carbocycles. The Morgan fingerprint density at radius 2 is 1.96 bits per heavy atom. The summed E-state index contributed by atoms with van der Waals surface area (Å²) in [5.41, 5.74) is 0.750. The highest BCUT2D eigenvalue weighted by molar-refractivity contribution is 6.32. The summed E-state index contributed by atoms with van der Waals surface area (Å²) < 4.78 is 10.5. The monoisotopic (exact) mass is 394 g/mol. The third-order valence-corrected chi connectivity index (χ3v) is 4.88. The average Bonchev–Trinajstić information content (AvgIpc) is 2.69. The molecule has 1 aliphatic heterocycles. The van der Waals surface area contributed by atoms with Crippen LogP contribution in [0.3, 0.4) is 0 Å². The van der Waals surface area contributed by atoms with Crippen molar-refractivity contribution in [2.45, 2.75) is 26.2 Å². The van der Waals surface area contributed by atoms with Crippen molar-refractivity contribution < 1.29 is 19.1 Å². The van der Waals surface area contributed by atoms with Crippen LogP contribution in [0, 0.1) is 5.92 Å². The molecule has 0 radical (unpaired) electrons. The Balaban J connectivity index is 1.94. The van der Waals surface area contributed by atoms with Gasteiger partial charge in [0.15, 0.2) is 11.5 Å². The Morgan fingerprint density at radius 3 is 2.56 bits per heavy atom. The van der Waals surface area contributed by atoms with Crippen molar-refractivity contribution in [1.82, 2.24) is 10.2 Å². The first-order chi connectivity index (χ1) is 13.0. The standard InChI is InChI=1S/C20H27ClN2O4/c1-4-9-22-20(25)15-7-10-23(11-8-15)18(24)6-5-14-12-16(21)19(27-3)17(13-14)26-2/h5-6,12-13,15H,4,7-11H2,1-3H3,(H,22,25)/b6-5+. The molecule has 148 valence electrons. The lowest BCUT2D eigenvalue weighted by Gasteiger charge is -2.30. The zero-order valence-corrected chi connectivity index (χ0v) is 16.8. The fourth-order valence-electron chi connectivity index (χ4n) is 3.06. The third kappa shape index (κ3) is 5.63. The smallest absolute Gasteiger partial charge is 0.246 e. The summed E-state index contributed by atoms with van der Waals surface area (Å²) in [7, 11) is 3.06. The number of nitrogens with zero attached hydrogens (tertiary/aromatic N) is 1. The van der Waals surface area contributed by atoms with Crippen LogP contribution in [0.25, 0.3) is 6.08 Å². The molecule has 1 aromatic carbocycles. The number of carbonyl (C=O) groups is 2. The molecule has 1 N–H and O–H groups in total. The van der Waals surface area contributed by atoms with Crippen molar-refractivity contribution in [3.8, 4) is 11.5 Å². The topological polar surface area (TPSA) is 67.9 Å². The molecule has 0 unspecified atom stereocenters. The number of ether oxygens (including phenoxy) is 2. The third-order valence-electron chi connectivity index (χ3n) is 4.60. The maximum atomic E-state index is 12.4. The second-order valence-corrected chi connectivity index (χ2v) is 6.87. The van der Waals surface area contributed by atoms with E-state index >= 15 is 0 Å². The van der Waals surface area contributed by atoms with Crippen molar-refractivity contribution in [3.63, 3.8) is 0 Å². The van der Waals surface area contributed by atoms with Crippen LogP contribution < -0.4 is 14.8 Å². The van der Waals surface area contributed by atoms with Gasteiger partial charge < -0.3 is 19.7 Å². The van der Waals surface area contributed by atoms with Crippen molar-refractivity contribution in [1.29, 1.82) is 0 Å². The van der Waals surface area contributed by atoms with Crippen molar-refractivity contribution >= 4 is 29.5 Å². The fourth-order valence-corrected chi connectivity index (χ4v) is 3.36. The fraction of sp³-hybridized carbons (Fsp3) is 0.500. The molecule has 0 spiro atoms. The number of methoxy groups -OCH3 is 2. The van der Waals surface area contributed by atoms with E-state index < -0.39 is 0 Å². The molecule has 1 heterocycles. The van der Waals surface area contributed by atoms with Gasteiger partial charge in [0.05, 0.1) is 19.2 Å². The number of halogens is 1. The second-order valence-electron chi connectivity index (χ2n) is 6.46. The minimum atomic E-state index is -0.0756. The van der Waals surface area contributed by atoms with Crippen molar-refractivity contribution in [3.05, 3.63) is 28.8 Å². The Morgan fingerprint density at radius 1 is 1.26 bits per heavy atom. The van der Waals surface area contributed by atoms with Crippen LogP contribution in [-0.4, -0.2) is 50.6 Å². The predicted molar refractivity (Wildman–Crippen MR) is 106 cm³/mol. The lowest BCUT2D eigenvalue weighted by molar-refractivity contribution is -0.132. The minimum absolute atomic E-state index is 0.00534. The Hall–Kier alpha value is -2.21. The maximum absolute atomic E-state index is 12.4. The number of amides is 2. The van der Waals surface area contributed by atoms with Gasteiger partial charge in [0.1, 0.15) is 0 Å². The van der Waals surface area contributed by atoms with Crippen LogP contribution in [0.5, 0.6) is 11.5 Å². The van der Waals surface area contributed by atoms with Gasteiger partial charge in [-0.05, 0) is 43.0 Å². The lowest BCUT2D eigenvalue weighted by Crippen LogP contribution is -2.42. The molecule has 1 fully saturated rings. The normalized spacial score (nSPS) is 15.0. The molecule has 0 atom stereocenters. The minimum Gasteiger partial charge on any atom is -0.493 e. The van der Waals surface area contributed by atoms with Gasteiger partial charge in [-0.1, -0.05) is 18.5 Å². The van der Waals surface area contributed by atoms with Gasteiger partial charge in [-0.25, -0.2) is 0 Å². The molecular weight excluding hydrogens is 368 g/mol. The second kappa shape index (κ2) is 10.2. The van der Waals surface area contributed by atoms with Gasteiger partial charge in [0.25, 0.3) is 0 Å². The molecule has 6 nitrogen and oxygen atoms in total. The highest BCUT2D eigenvalue weighted by Crippen LogP contribution is 2.36. The van der Waals surface area contributed by atoms with E-state index in [0.29, 0.717) is 49.0 Å². The van der Waals surface area contributed by atoms with E-state index in [1.54, 1.807) is 23.1 Å². The SMILES string of the molecule is CCCNC(=O)C1CCN(C(=O)/C=C/c2cc(Cl)c(OC)c(OC)c2)CC1. The summed E-state index contributed by atoms with van der Waals surface area (Å²) in [5, 5.41) is 3.35. The first kappa shape index (κ1) is 21.1. The van der Waals surface area contributed by atoms with E-state index in [1.807, 2.05) is 6.92 Å². The zero-order chi connectivity index (χ0) is 19.8. The van der Waals surface area contributed by atoms with Crippen LogP contribution in [-0.2, 0) is 9.59 Å². The molecule has 2 rings (SSSR count). The molecular formula is C20H27ClN2O4. The molecule has 27 heavy (non-hydrogen) atoms. The summed E-state index contributed by atoms with van der Waals surface area (Å²) in [5.74, 6) is 0.990. The van der Waals surface area contributed by atoms with Crippen LogP contribution in [0.4, 0.5) is 0 Å². The van der Waals surface area contributed by atoms with Gasteiger partial charge in [0, 0.05) is 31.6 Å². The number of nitrogens with one attached hydrogen (secondary N) is 1. The van der Waals surface area contributed by atoms with Crippen LogP contribution in [0.1, 0.15) is 31.7 Å². The highest BCUT2D eigenvalue weighted by atomic mass is 35.5. The first-order valence-electron chi connectivity index (χ1n) is 9.16. The Labute approximate surface area is 165 Å². The predicted octanol–water partition coefficient (Wildman–Crippen LogP) is 3.14. The van der Waals surface area contributed by atoms with E-state index in [-0.39, 0.29) is 17.7 Å². The number of benzene rings is 1. The number of carbonyl (C=O) groups excluding carboxylic acids is 2. The van der Waals surface area contributed by atoms with E-state index in [9.17, 15) is 9.59 Å². The summed E-state index contributed by atoms with van der Waals surface area (Å²) >= 11 is 6.19. The van der Waals surface area contributed by atoms with E-state index in [4.69, 9.17) is 21.1 Å². The van der Waals surface area contributed by atoms with Crippen molar-refractivity contribution in [2.75, 3.05) is 33.9 Å². The number of hydrogen-bond acceptors (Lipinski definition) is 4. The van der Waals surface area contributed by atoms with E-state index in [0.717, 1.165) is 12.0 Å². The summed E-state index contributed by atoms with van der Waals surface area (Å²) in [6.45, 7) is 3.90. The van der Waals surface area contributed by atoms with Crippen molar-refractivity contribution in [2.24, 2.45) is 5.92 Å². The van der Waals surface area contributed by atoms with Crippen LogP contribution >= 0.6 is 11.6 Å². The molecule has 1 aliphatic rings. The molecule has 1 saturated heterocycles. The average molecular weight is 395 g/mol. The lowest BCUT2D eigenvalue weighted by atomic mass is 9.96. The Kier molecular flexibility index (Phi) is 7.98. The first-order valence-corrected chi connectivity index (χ1v) is 9.54. The largest absolute Gasteiger partial charge is 0.493 e. The van der Waals surface area contributed by atoms with Gasteiger partial charge in [-0.15, -0.1) is 0 Å².